The third-order valence-corrected chi connectivity index (χ3v) is 3.88. The van der Waals surface area contributed by atoms with Gasteiger partial charge < -0.3 is 9.84 Å². The SMILES string of the molecule is CCc1nc2n(n1)CCCC2NC(=O)Nc1cc(C(C)C)on1. The lowest BCUT2D eigenvalue weighted by Gasteiger charge is -2.22. The number of anilines is 1. The second-order valence-corrected chi connectivity index (χ2v) is 6.03. The molecule has 1 atom stereocenters. The lowest BCUT2D eigenvalue weighted by molar-refractivity contribution is 0.244. The molecule has 3 heterocycles. The van der Waals surface area contributed by atoms with Gasteiger partial charge in [0.15, 0.2) is 11.6 Å². The lowest BCUT2D eigenvalue weighted by Crippen LogP contribution is -2.36. The predicted octanol–water partition coefficient (Wildman–Crippen LogP) is 2.61. The van der Waals surface area contributed by atoms with E-state index >= 15 is 0 Å². The molecule has 23 heavy (non-hydrogen) atoms. The first-order chi connectivity index (χ1) is 11.1. The van der Waals surface area contributed by atoms with Crippen molar-refractivity contribution in [1.82, 2.24) is 25.2 Å². The minimum atomic E-state index is -0.312. The molecule has 8 nitrogen and oxygen atoms in total. The van der Waals surface area contributed by atoms with E-state index in [9.17, 15) is 4.79 Å². The highest BCUT2D eigenvalue weighted by Crippen LogP contribution is 2.23. The van der Waals surface area contributed by atoms with Gasteiger partial charge in [-0.2, -0.15) is 5.10 Å². The Bertz CT molecular complexity index is 690. The molecule has 2 aromatic heterocycles. The maximum atomic E-state index is 12.2. The molecule has 8 heteroatoms. The van der Waals surface area contributed by atoms with Crippen LogP contribution in [0.3, 0.4) is 0 Å². The summed E-state index contributed by atoms with van der Waals surface area (Å²) in [5, 5.41) is 13.9. The molecule has 0 spiro atoms. The first kappa shape index (κ1) is 15.5. The fraction of sp³-hybridized carbons (Fsp3) is 0.600. The molecule has 1 aliphatic heterocycles. The molecule has 2 aromatic rings. The van der Waals surface area contributed by atoms with E-state index in [2.05, 4.69) is 25.9 Å². The summed E-state index contributed by atoms with van der Waals surface area (Å²) < 4.78 is 7.06. The van der Waals surface area contributed by atoms with Crippen molar-refractivity contribution in [2.24, 2.45) is 0 Å². The molecule has 0 aliphatic carbocycles. The summed E-state index contributed by atoms with van der Waals surface area (Å²) >= 11 is 0. The molecule has 0 fully saturated rings. The van der Waals surface area contributed by atoms with E-state index in [0.29, 0.717) is 5.82 Å². The highest BCUT2D eigenvalue weighted by atomic mass is 16.5. The Labute approximate surface area is 134 Å². The summed E-state index contributed by atoms with van der Waals surface area (Å²) in [5.41, 5.74) is 0. The summed E-state index contributed by atoms with van der Waals surface area (Å²) in [7, 11) is 0. The van der Waals surface area contributed by atoms with Crippen LogP contribution in [0.2, 0.25) is 0 Å². The molecule has 3 rings (SSSR count). The summed E-state index contributed by atoms with van der Waals surface area (Å²) in [6.07, 6.45) is 2.60. The number of amides is 2. The van der Waals surface area contributed by atoms with Crippen LogP contribution in [0.25, 0.3) is 0 Å². The zero-order chi connectivity index (χ0) is 16.4. The number of rotatable bonds is 4. The van der Waals surface area contributed by atoms with Crippen LogP contribution in [0.15, 0.2) is 10.6 Å². The van der Waals surface area contributed by atoms with Crippen molar-refractivity contribution in [3.05, 3.63) is 23.5 Å². The normalized spacial score (nSPS) is 17.1. The Kier molecular flexibility index (Phi) is 4.31. The van der Waals surface area contributed by atoms with Crippen LogP contribution < -0.4 is 10.6 Å². The fourth-order valence-corrected chi connectivity index (χ4v) is 2.62. The van der Waals surface area contributed by atoms with Gasteiger partial charge >= 0.3 is 6.03 Å². The number of aryl methyl sites for hydroxylation is 2. The number of fused-ring (bicyclic) bond motifs is 1. The van der Waals surface area contributed by atoms with E-state index in [1.54, 1.807) is 6.07 Å². The zero-order valence-corrected chi connectivity index (χ0v) is 13.7. The number of carbonyl (C=O) groups excluding carboxylic acids is 1. The number of hydrogen-bond acceptors (Lipinski definition) is 5. The monoisotopic (exact) mass is 318 g/mol. The van der Waals surface area contributed by atoms with Gasteiger partial charge in [-0.1, -0.05) is 25.9 Å². The molecule has 0 radical (unpaired) electrons. The fourth-order valence-electron chi connectivity index (χ4n) is 2.62. The number of aromatic nitrogens is 4. The van der Waals surface area contributed by atoms with Crippen molar-refractivity contribution in [2.75, 3.05) is 5.32 Å². The molecule has 0 aromatic carbocycles. The highest BCUT2D eigenvalue weighted by molar-refractivity contribution is 5.88. The third kappa shape index (κ3) is 3.35. The van der Waals surface area contributed by atoms with Crippen LogP contribution in [0.1, 0.15) is 63.0 Å². The first-order valence-corrected chi connectivity index (χ1v) is 8.04. The quantitative estimate of drug-likeness (QED) is 0.903. The van der Waals surface area contributed by atoms with Crippen molar-refractivity contribution in [2.45, 2.75) is 58.5 Å². The number of hydrogen-bond donors (Lipinski definition) is 2. The Morgan fingerprint density at radius 1 is 1.52 bits per heavy atom. The molecule has 1 unspecified atom stereocenters. The minimum Gasteiger partial charge on any atom is -0.359 e. The largest absolute Gasteiger partial charge is 0.359 e. The smallest absolute Gasteiger partial charge is 0.321 e. The van der Waals surface area contributed by atoms with Crippen molar-refractivity contribution in [1.29, 1.82) is 0 Å². The Morgan fingerprint density at radius 3 is 3.04 bits per heavy atom. The van der Waals surface area contributed by atoms with E-state index < -0.39 is 0 Å². The molecule has 0 saturated heterocycles. The average molecular weight is 318 g/mol. The van der Waals surface area contributed by atoms with E-state index in [1.165, 1.54) is 0 Å². The molecule has 124 valence electrons. The lowest BCUT2D eigenvalue weighted by atomic mass is 10.1. The van der Waals surface area contributed by atoms with Gasteiger partial charge in [0, 0.05) is 24.9 Å². The van der Waals surface area contributed by atoms with Crippen molar-refractivity contribution in [3.63, 3.8) is 0 Å². The van der Waals surface area contributed by atoms with Crippen LogP contribution >= 0.6 is 0 Å². The van der Waals surface area contributed by atoms with Crippen LogP contribution in [0, 0.1) is 0 Å². The number of nitrogens with zero attached hydrogens (tertiary/aromatic N) is 4. The standard InChI is InChI=1S/C15H22N6O2/c1-4-12-17-14-10(6-5-7-21(14)19-12)16-15(22)18-13-8-11(9(2)3)23-20-13/h8-10H,4-7H2,1-3H3,(H2,16,18,20,22). The molecule has 0 saturated carbocycles. The molecule has 0 bridgehead atoms. The zero-order valence-electron chi connectivity index (χ0n) is 13.7. The van der Waals surface area contributed by atoms with Gasteiger partial charge in [0.25, 0.3) is 0 Å². The number of carbonyl (C=O) groups is 1. The van der Waals surface area contributed by atoms with Crippen LogP contribution in [-0.4, -0.2) is 26.0 Å². The second-order valence-electron chi connectivity index (χ2n) is 6.03. The number of urea groups is 1. The van der Waals surface area contributed by atoms with Crippen molar-refractivity contribution >= 4 is 11.8 Å². The van der Waals surface area contributed by atoms with Gasteiger partial charge in [-0.3, -0.25) is 5.32 Å². The average Bonchev–Trinajstić information content (AvgIpc) is 3.13. The first-order valence-electron chi connectivity index (χ1n) is 8.04. The van der Waals surface area contributed by atoms with Gasteiger partial charge in [-0.05, 0) is 12.8 Å². The maximum absolute atomic E-state index is 12.2. The van der Waals surface area contributed by atoms with Gasteiger partial charge in [0.2, 0.25) is 0 Å². The van der Waals surface area contributed by atoms with Gasteiger partial charge in [-0.25, -0.2) is 14.5 Å². The molecule has 1 aliphatic rings. The second kappa shape index (κ2) is 6.39. The third-order valence-electron chi connectivity index (χ3n) is 3.88. The van der Waals surface area contributed by atoms with E-state index in [0.717, 1.165) is 43.2 Å². The molecule has 2 amide bonds. The molecular formula is C15H22N6O2. The van der Waals surface area contributed by atoms with Crippen LogP contribution in [0.5, 0.6) is 0 Å². The van der Waals surface area contributed by atoms with Crippen LogP contribution in [-0.2, 0) is 13.0 Å². The molecule has 2 N–H and O–H groups in total. The maximum Gasteiger partial charge on any atom is 0.321 e. The van der Waals surface area contributed by atoms with E-state index in [-0.39, 0.29) is 18.0 Å². The van der Waals surface area contributed by atoms with Gasteiger partial charge in [0.1, 0.15) is 11.6 Å². The van der Waals surface area contributed by atoms with Gasteiger partial charge in [0.05, 0.1) is 6.04 Å². The van der Waals surface area contributed by atoms with Gasteiger partial charge in [-0.15, -0.1) is 0 Å². The summed E-state index contributed by atoms with van der Waals surface area (Å²) in [6, 6.07) is 1.30. The topological polar surface area (TPSA) is 97.9 Å². The summed E-state index contributed by atoms with van der Waals surface area (Å²) in [4.78, 5) is 16.7. The van der Waals surface area contributed by atoms with Crippen LogP contribution in [0.4, 0.5) is 10.6 Å². The Morgan fingerprint density at radius 2 is 2.35 bits per heavy atom. The summed E-state index contributed by atoms with van der Waals surface area (Å²) in [5.74, 6) is 3.02. The molecular weight excluding hydrogens is 296 g/mol. The Hall–Kier alpha value is -2.38. The predicted molar refractivity (Wildman–Crippen MR) is 84.1 cm³/mol. The summed E-state index contributed by atoms with van der Waals surface area (Å²) in [6.45, 7) is 6.88. The van der Waals surface area contributed by atoms with E-state index in [1.807, 2.05) is 25.5 Å². The highest BCUT2D eigenvalue weighted by Gasteiger charge is 2.25. The number of nitrogens with one attached hydrogen (secondary N) is 2. The van der Waals surface area contributed by atoms with Crippen molar-refractivity contribution in [3.8, 4) is 0 Å². The minimum absolute atomic E-state index is 0.131. The Balaban J connectivity index is 1.65. The van der Waals surface area contributed by atoms with E-state index in [4.69, 9.17) is 4.52 Å². The van der Waals surface area contributed by atoms with Crippen molar-refractivity contribution < 1.29 is 9.32 Å².